The lowest BCUT2D eigenvalue weighted by molar-refractivity contribution is -0.175. The number of methoxy groups -OCH3 is 1. The maximum absolute atomic E-state index is 14.9. The SMILES string of the molecule is COC(=O)c1c(F)cc(Cl)cc1-c1ccc([C@@H](C)NC(=O)C2(NC(=O)C(F)(F)F)CC2)c(F)c1. The Labute approximate surface area is 195 Å². The molecule has 2 amide bonds. The molecule has 0 heterocycles. The zero-order chi connectivity index (χ0) is 25.4. The largest absolute Gasteiger partial charge is 0.471 e. The lowest BCUT2D eigenvalue weighted by Gasteiger charge is -2.22. The van der Waals surface area contributed by atoms with E-state index < -0.39 is 52.7 Å². The van der Waals surface area contributed by atoms with Gasteiger partial charge in [-0.15, -0.1) is 0 Å². The van der Waals surface area contributed by atoms with Crippen molar-refractivity contribution in [3.05, 3.63) is 58.1 Å². The van der Waals surface area contributed by atoms with Gasteiger partial charge in [0.1, 0.15) is 22.7 Å². The normalized spacial score (nSPS) is 15.3. The second-order valence-corrected chi connectivity index (χ2v) is 8.20. The minimum Gasteiger partial charge on any atom is -0.465 e. The van der Waals surface area contributed by atoms with E-state index in [2.05, 4.69) is 10.1 Å². The Balaban J connectivity index is 1.83. The van der Waals surface area contributed by atoms with Gasteiger partial charge in [0.2, 0.25) is 5.91 Å². The summed E-state index contributed by atoms with van der Waals surface area (Å²) in [7, 11) is 1.05. The first-order valence-corrected chi connectivity index (χ1v) is 10.2. The van der Waals surface area contributed by atoms with Gasteiger partial charge in [0.05, 0.1) is 13.2 Å². The first-order chi connectivity index (χ1) is 15.8. The van der Waals surface area contributed by atoms with Crippen molar-refractivity contribution in [2.75, 3.05) is 7.11 Å². The van der Waals surface area contributed by atoms with E-state index in [1.54, 1.807) is 5.32 Å². The van der Waals surface area contributed by atoms with Gasteiger partial charge in [-0.25, -0.2) is 13.6 Å². The molecule has 6 nitrogen and oxygen atoms in total. The molecule has 0 saturated heterocycles. The molecule has 0 spiro atoms. The number of esters is 1. The molecule has 1 aliphatic rings. The van der Waals surface area contributed by atoms with Crippen molar-refractivity contribution in [2.45, 2.75) is 37.5 Å². The fourth-order valence-corrected chi connectivity index (χ4v) is 3.60. The second kappa shape index (κ2) is 9.21. The van der Waals surface area contributed by atoms with Crippen LogP contribution in [0.15, 0.2) is 30.3 Å². The number of benzene rings is 2. The maximum Gasteiger partial charge on any atom is 0.471 e. The number of ether oxygens (including phenoxy) is 1. The third-order valence-electron chi connectivity index (χ3n) is 5.37. The zero-order valence-corrected chi connectivity index (χ0v) is 18.5. The van der Waals surface area contributed by atoms with Gasteiger partial charge < -0.3 is 15.4 Å². The molecule has 0 aromatic heterocycles. The van der Waals surface area contributed by atoms with Crippen molar-refractivity contribution in [1.82, 2.24) is 10.6 Å². The van der Waals surface area contributed by atoms with Crippen molar-refractivity contribution >= 4 is 29.4 Å². The summed E-state index contributed by atoms with van der Waals surface area (Å²) < 4.78 is 71.4. The molecule has 3 rings (SSSR count). The first kappa shape index (κ1) is 25.4. The highest BCUT2D eigenvalue weighted by Gasteiger charge is 2.55. The Morgan fingerprint density at radius 1 is 1.09 bits per heavy atom. The van der Waals surface area contributed by atoms with E-state index in [1.807, 2.05) is 0 Å². The van der Waals surface area contributed by atoms with E-state index >= 15 is 0 Å². The number of carbonyl (C=O) groups is 3. The predicted octanol–water partition coefficient (Wildman–Crippen LogP) is 4.46. The monoisotopic (exact) mass is 504 g/mol. The van der Waals surface area contributed by atoms with Gasteiger partial charge in [0, 0.05) is 16.1 Å². The summed E-state index contributed by atoms with van der Waals surface area (Å²) in [6.45, 7) is 1.40. The second-order valence-electron chi connectivity index (χ2n) is 7.77. The Kier molecular flexibility index (Phi) is 6.88. The molecule has 2 aromatic rings. The van der Waals surface area contributed by atoms with Crippen LogP contribution in [0.3, 0.4) is 0 Å². The third kappa shape index (κ3) is 5.14. The summed E-state index contributed by atoms with van der Waals surface area (Å²) in [6, 6.07) is 4.80. The number of amides is 2. The van der Waals surface area contributed by atoms with E-state index in [-0.39, 0.29) is 34.6 Å². The number of hydrogen-bond donors (Lipinski definition) is 2. The van der Waals surface area contributed by atoms with Crippen molar-refractivity contribution < 1.29 is 41.1 Å². The lowest BCUT2D eigenvalue weighted by Crippen LogP contribution is -2.53. The van der Waals surface area contributed by atoms with Crippen LogP contribution >= 0.6 is 11.6 Å². The molecule has 34 heavy (non-hydrogen) atoms. The summed E-state index contributed by atoms with van der Waals surface area (Å²) >= 11 is 5.88. The molecule has 1 fully saturated rings. The lowest BCUT2D eigenvalue weighted by atomic mass is 9.96. The van der Waals surface area contributed by atoms with Crippen LogP contribution < -0.4 is 10.6 Å². The van der Waals surface area contributed by atoms with Crippen molar-refractivity contribution in [1.29, 1.82) is 0 Å². The quantitative estimate of drug-likeness (QED) is 0.449. The van der Waals surface area contributed by atoms with Gasteiger partial charge >= 0.3 is 18.1 Å². The smallest absolute Gasteiger partial charge is 0.465 e. The number of rotatable bonds is 6. The topological polar surface area (TPSA) is 84.5 Å². The van der Waals surface area contributed by atoms with Crippen LogP contribution in [0.25, 0.3) is 11.1 Å². The van der Waals surface area contributed by atoms with E-state index in [9.17, 15) is 36.3 Å². The zero-order valence-electron chi connectivity index (χ0n) is 17.8. The number of carbonyl (C=O) groups excluding carboxylic acids is 3. The molecule has 12 heteroatoms. The van der Waals surface area contributed by atoms with Crippen LogP contribution in [0.4, 0.5) is 22.0 Å². The van der Waals surface area contributed by atoms with Crippen LogP contribution in [0.5, 0.6) is 0 Å². The number of hydrogen-bond acceptors (Lipinski definition) is 4. The fourth-order valence-electron chi connectivity index (χ4n) is 3.39. The van der Waals surface area contributed by atoms with Crippen molar-refractivity contribution in [3.8, 4) is 11.1 Å². The number of nitrogens with one attached hydrogen (secondary N) is 2. The van der Waals surface area contributed by atoms with E-state index in [4.69, 9.17) is 11.6 Å². The molecule has 1 saturated carbocycles. The summed E-state index contributed by atoms with van der Waals surface area (Å²) in [4.78, 5) is 35.7. The molecule has 2 aromatic carbocycles. The van der Waals surface area contributed by atoms with Crippen LogP contribution in [-0.4, -0.2) is 36.6 Å². The van der Waals surface area contributed by atoms with Crippen LogP contribution in [-0.2, 0) is 14.3 Å². The van der Waals surface area contributed by atoms with Crippen molar-refractivity contribution in [3.63, 3.8) is 0 Å². The third-order valence-corrected chi connectivity index (χ3v) is 5.58. The van der Waals surface area contributed by atoms with Gasteiger partial charge in [0.15, 0.2) is 0 Å². The standard InChI is InChI=1S/C22H18ClF5N2O4/c1-10(29-19(32)21(5-6-21)30-20(33)22(26,27)28)13-4-3-11(7-15(13)24)14-8-12(23)9-16(25)17(14)18(31)34-2/h3-4,7-10H,5-6H2,1-2H3,(H,29,32)(H,30,33)/t10-/m1/s1. The van der Waals surface area contributed by atoms with Gasteiger partial charge in [-0.2, -0.15) is 13.2 Å². The molecule has 0 unspecified atom stereocenters. The highest BCUT2D eigenvalue weighted by molar-refractivity contribution is 6.31. The van der Waals surface area contributed by atoms with E-state index in [0.29, 0.717) is 0 Å². The average Bonchev–Trinajstić information content (AvgIpc) is 3.52. The van der Waals surface area contributed by atoms with Gasteiger partial charge in [-0.05, 0) is 43.5 Å². The van der Waals surface area contributed by atoms with Crippen molar-refractivity contribution in [2.24, 2.45) is 0 Å². The van der Waals surface area contributed by atoms with Gasteiger partial charge in [-0.1, -0.05) is 23.7 Å². The van der Waals surface area contributed by atoms with Crippen LogP contribution in [0.2, 0.25) is 5.02 Å². The molecular weight excluding hydrogens is 487 g/mol. The summed E-state index contributed by atoms with van der Waals surface area (Å²) in [5, 5.41) is 4.04. The minimum atomic E-state index is -5.15. The maximum atomic E-state index is 14.9. The summed E-state index contributed by atoms with van der Waals surface area (Å²) in [5.41, 5.74) is -2.11. The fraction of sp³-hybridized carbons (Fsp3) is 0.318. The Morgan fingerprint density at radius 3 is 2.26 bits per heavy atom. The molecule has 0 bridgehead atoms. The Hall–Kier alpha value is -3.21. The van der Waals surface area contributed by atoms with E-state index in [0.717, 1.165) is 19.2 Å². The van der Waals surface area contributed by atoms with Crippen LogP contribution in [0.1, 0.15) is 41.7 Å². The molecule has 2 N–H and O–H groups in total. The summed E-state index contributed by atoms with van der Waals surface area (Å²) in [6.07, 6.45) is -5.14. The molecule has 1 aliphatic carbocycles. The van der Waals surface area contributed by atoms with E-state index in [1.165, 1.54) is 25.1 Å². The molecule has 0 radical (unpaired) electrons. The Morgan fingerprint density at radius 2 is 1.74 bits per heavy atom. The number of alkyl halides is 3. The predicted molar refractivity (Wildman–Crippen MR) is 111 cm³/mol. The molecular formula is C22H18ClF5N2O4. The van der Waals surface area contributed by atoms with Crippen LogP contribution in [0, 0.1) is 11.6 Å². The highest BCUT2D eigenvalue weighted by atomic mass is 35.5. The molecule has 0 aliphatic heterocycles. The molecule has 182 valence electrons. The average molecular weight is 505 g/mol. The Bertz CT molecular complexity index is 1160. The molecule has 1 atom stereocenters. The first-order valence-electron chi connectivity index (χ1n) is 9.86. The highest BCUT2D eigenvalue weighted by Crippen LogP contribution is 2.38. The number of halogens is 6. The van der Waals surface area contributed by atoms with Gasteiger partial charge in [-0.3, -0.25) is 9.59 Å². The summed E-state index contributed by atoms with van der Waals surface area (Å²) in [5.74, 6) is -5.92. The minimum absolute atomic E-state index is 0.00539. The van der Waals surface area contributed by atoms with Gasteiger partial charge in [0.25, 0.3) is 0 Å².